The summed E-state index contributed by atoms with van der Waals surface area (Å²) in [7, 11) is 0. The van der Waals surface area contributed by atoms with E-state index in [1.54, 1.807) is 23.1 Å². The number of carbonyl (C=O) groups excluding carboxylic acids is 1. The maximum atomic E-state index is 11.7. The molecule has 0 saturated carbocycles. The molecule has 6 heteroatoms. The van der Waals surface area contributed by atoms with Crippen molar-refractivity contribution in [1.82, 2.24) is 10.3 Å². The maximum absolute atomic E-state index is 11.7. The highest BCUT2D eigenvalue weighted by atomic mass is 32.2. The summed E-state index contributed by atoms with van der Waals surface area (Å²) in [5.74, 6) is 1.25. The number of hydrogen-bond acceptors (Lipinski definition) is 5. The Balaban J connectivity index is 2.20. The zero-order valence-corrected chi connectivity index (χ0v) is 12.4. The van der Waals surface area contributed by atoms with Crippen LogP contribution in [0.15, 0.2) is 5.38 Å². The molecular weight excluding hydrogens is 268 g/mol. The molecule has 1 heterocycles. The Morgan fingerprint density at radius 3 is 3.00 bits per heavy atom. The van der Waals surface area contributed by atoms with Gasteiger partial charge in [0.2, 0.25) is 5.91 Å². The summed E-state index contributed by atoms with van der Waals surface area (Å²) >= 11 is 3.20. The van der Waals surface area contributed by atoms with Crippen molar-refractivity contribution in [1.29, 1.82) is 0 Å². The zero-order chi connectivity index (χ0) is 13.4. The van der Waals surface area contributed by atoms with Gasteiger partial charge in [0.15, 0.2) is 0 Å². The summed E-state index contributed by atoms with van der Waals surface area (Å²) in [4.78, 5) is 16.0. The molecule has 1 aromatic heterocycles. The van der Waals surface area contributed by atoms with Gasteiger partial charge in [-0.2, -0.15) is 0 Å². The van der Waals surface area contributed by atoms with Crippen LogP contribution in [0.25, 0.3) is 0 Å². The lowest BCUT2D eigenvalue weighted by Gasteiger charge is -2.15. The molecule has 0 fully saturated rings. The molecule has 0 aliphatic rings. The molecule has 18 heavy (non-hydrogen) atoms. The number of thioether (sulfide) groups is 1. The fraction of sp³-hybridized carbons (Fsp3) is 0.667. The van der Waals surface area contributed by atoms with Crippen LogP contribution in [0.5, 0.6) is 0 Å². The van der Waals surface area contributed by atoms with Gasteiger partial charge in [0.05, 0.1) is 16.5 Å². The van der Waals surface area contributed by atoms with Crippen molar-refractivity contribution >= 4 is 29.0 Å². The molecule has 1 aromatic rings. The number of thiazole rings is 1. The van der Waals surface area contributed by atoms with Gasteiger partial charge in [-0.05, 0) is 19.8 Å². The van der Waals surface area contributed by atoms with Gasteiger partial charge in [-0.3, -0.25) is 4.79 Å². The summed E-state index contributed by atoms with van der Waals surface area (Å²) < 4.78 is 0. The number of aliphatic hydroxyl groups excluding tert-OH is 1. The molecule has 0 aliphatic carbocycles. The molecule has 2 N–H and O–H groups in total. The molecule has 0 aromatic carbocycles. The van der Waals surface area contributed by atoms with Crippen molar-refractivity contribution in [2.75, 3.05) is 12.4 Å². The summed E-state index contributed by atoms with van der Waals surface area (Å²) in [6.07, 6.45) is 1.47. The molecular formula is C12H20N2O2S2. The van der Waals surface area contributed by atoms with E-state index in [0.29, 0.717) is 12.2 Å². The molecule has 0 saturated heterocycles. The minimum absolute atomic E-state index is 0.0345. The van der Waals surface area contributed by atoms with Gasteiger partial charge in [-0.25, -0.2) is 4.98 Å². The lowest BCUT2D eigenvalue weighted by Crippen LogP contribution is -2.36. The van der Waals surface area contributed by atoms with Crippen molar-refractivity contribution in [3.05, 3.63) is 16.1 Å². The van der Waals surface area contributed by atoms with Gasteiger partial charge in [0.1, 0.15) is 0 Å². The number of carbonyl (C=O) groups is 1. The monoisotopic (exact) mass is 288 g/mol. The first-order chi connectivity index (χ1) is 8.65. The van der Waals surface area contributed by atoms with Crippen molar-refractivity contribution in [2.45, 2.75) is 38.5 Å². The number of nitrogens with zero attached hydrogens (tertiary/aromatic N) is 1. The highest BCUT2D eigenvalue weighted by Crippen LogP contribution is 2.14. The molecule has 1 rings (SSSR count). The average molecular weight is 288 g/mol. The highest BCUT2D eigenvalue weighted by molar-refractivity contribution is 7.99. The second-order valence-corrected chi connectivity index (χ2v) is 6.08. The quantitative estimate of drug-likeness (QED) is 0.767. The third-order valence-electron chi connectivity index (χ3n) is 2.49. The van der Waals surface area contributed by atoms with Crippen LogP contribution >= 0.6 is 23.1 Å². The minimum atomic E-state index is 0.0345. The molecule has 1 atom stereocenters. The first-order valence-corrected chi connectivity index (χ1v) is 8.08. The van der Waals surface area contributed by atoms with Gasteiger partial charge in [0.25, 0.3) is 0 Å². The molecule has 4 nitrogen and oxygen atoms in total. The molecule has 0 bridgehead atoms. The van der Waals surface area contributed by atoms with Crippen molar-refractivity contribution in [2.24, 2.45) is 0 Å². The Bertz CT molecular complexity index is 369. The molecule has 0 radical (unpaired) electrons. The summed E-state index contributed by atoms with van der Waals surface area (Å²) in [6.45, 7) is 4.10. The summed E-state index contributed by atoms with van der Waals surface area (Å²) in [6, 6.07) is 0.0876. The summed E-state index contributed by atoms with van der Waals surface area (Å²) in [5.41, 5.74) is 1.04. The molecule has 102 valence electrons. The number of aryl methyl sites for hydroxylation is 1. The van der Waals surface area contributed by atoms with E-state index in [0.717, 1.165) is 22.9 Å². The number of nitrogens with one attached hydrogen (secondary N) is 1. The lowest BCUT2D eigenvalue weighted by atomic mass is 10.1. The van der Waals surface area contributed by atoms with Crippen LogP contribution in [0.2, 0.25) is 0 Å². The predicted octanol–water partition coefficient (Wildman–Crippen LogP) is 1.96. The number of aliphatic hydroxyl groups is 1. The van der Waals surface area contributed by atoms with Gasteiger partial charge < -0.3 is 10.4 Å². The van der Waals surface area contributed by atoms with Gasteiger partial charge in [-0.1, -0.05) is 6.92 Å². The topological polar surface area (TPSA) is 62.2 Å². The molecule has 0 aliphatic heterocycles. The SMILES string of the molecule is CCC(CCO)NC(=O)CSCc1csc(C)n1. The van der Waals surface area contributed by atoms with Gasteiger partial charge in [0, 0.05) is 23.8 Å². The number of amides is 1. The third kappa shape index (κ3) is 5.84. The van der Waals surface area contributed by atoms with Crippen molar-refractivity contribution in [3.63, 3.8) is 0 Å². The van der Waals surface area contributed by atoms with E-state index in [9.17, 15) is 4.79 Å². The first-order valence-electron chi connectivity index (χ1n) is 6.04. The van der Waals surface area contributed by atoms with Crippen LogP contribution in [-0.4, -0.2) is 34.4 Å². The van der Waals surface area contributed by atoms with E-state index in [2.05, 4.69) is 10.3 Å². The predicted molar refractivity (Wildman–Crippen MR) is 76.9 cm³/mol. The standard InChI is InChI=1S/C12H20N2O2S2/c1-3-10(4-5-15)14-12(16)8-17-6-11-7-18-9(2)13-11/h7,10,15H,3-6,8H2,1-2H3,(H,14,16). The Labute approximate surface area is 116 Å². The van der Waals surface area contributed by atoms with Crippen LogP contribution in [-0.2, 0) is 10.5 Å². The zero-order valence-electron chi connectivity index (χ0n) is 10.8. The maximum Gasteiger partial charge on any atom is 0.230 e. The Kier molecular flexibility index (Phi) is 7.31. The van der Waals surface area contributed by atoms with Crippen LogP contribution in [0.3, 0.4) is 0 Å². The van der Waals surface area contributed by atoms with Crippen molar-refractivity contribution < 1.29 is 9.90 Å². The van der Waals surface area contributed by atoms with Crippen LogP contribution < -0.4 is 5.32 Å². The van der Waals surface area contributed by atoms with E-state index in [1.807, 2.05) is 19.2 Å². The van der Waals surface area contributed by atoms with Crippen LogP contribution in [0.1, 0.15) is 30.5 Å². The minimum Gasteiger partial charge on any atom is -0.396 e. The second-order valence-electron chi connectivity index (χ2n) is 4.04. The van der Waals surface area contributed by atoms with E-state index in [1.165, 1.54) is 0 Å². The number of aromatic nitrogens is 1. The summed E-state index contributed by atoms with van der Waals surface area (Å²) in [5, 5.41) is 14.9. The van der Waals surface area contributed by atoms with E-state index in [-0.39, 0.29) is 18.6 Å². The third-order valence-corrected chi connectivity index (χ3v) is 4.27. The molecule has 1 unspecified atom stereocenters. The lowest BCUT2D eigenvalue weighted by molar-refractivity contribution is -0.119. The Morgan fingerprint density at radius 2 is 2.44 bits per heavy atom. The highest BCUT2D eigenvalue weighted by Gasteiger charge is 2.10. The fourth-order valence-corrected chi connectivity index (χ4v) is 2.97. The second kappa shape index (κ2) is 8.50. The van der Waals surface area contributed by atoms with Crippen LogP contribution in [0, 0.1) is 6.92 Å². The average Bonchev–Trinajstić information content (AvgIpc) is 2.74. The van der Waals surface area contributed by atoms with E-state index >= 15 is 0 Å². The van der Waals surface area contributed by atoms with Crippen LogP contribution in [0.4, 0.5) is 0 Å². The Hall–Kier alpha value is -0.590. The van der Waals surface area contributed by atoms with E-state index in [4.69, 9.17) is 5.11 Å². The molecule has 0 spiro atoms. The fourth-order valence-electron chi connectivity index (χ4n) is 1.53. The van der Waals surface area contributed by atoms with E-state index < -0.39 is 0 Å². The number of rotatable bonds is 8. The van der Waals surface area contributed by atoms with Gasteiger partial charge in [-0.15, -0.1) is 23.1 Å². The van der Waals surface area contributed by atoms with Gasteiger partial charge >= 0.3 is 0 Å². The number of hydrogen-bond donors (Lipinski definition) is 2. The normalized spacial score (nSPS) is 12.4. The largest absolute Gasteiger partial charge is 0.396 e. The smallest absolute Gasteiger partial charge is 0.230 e. The first kappa shape index (κ1) is 15.5. The van der Waals surface area contributed by atoms with Crippen molar-refractivity contribution in [3.8, 4) is 0 Å². The molecule has 1 amide bonds. The Morgan fingerprint density at radius 1 is 1.67 bits per heavy atom.